The third-order valence-corrected chi connectivity index (χ3v) is 6.52. The normalized spacial score (nSPS) is 13.0. The van der Waals surface area contributed by atoms with Gasteiger partial charge < -0.3 is 19.9 Å². The fourth-order valence-corrected chi connectivity index (χ4v) is 4.71. The average Bonchev–Trinajstić information content (AvgIpc) is 3.20. The van der Waals surface area contributed by atoms with Crippen molar-refractivity contribution in [3.63, 3.8) is 0 Å². The summed E-state index contributed by atoms with van der Waals surface area (Å²) < 4.78 is 11.5. The van der Waals surface area contributed by atoms with Crippen LogP contribution in [0.15, 0.2) is 48.5 Å². The summed E-state index contributed by atoms with van der Waals surface area (Å²) in [6, 6.07) is 15.2. The molecule has 0 aliphatic carbocycles. The Hall–Kier alpha value is -3.23. The van der Waals surface area contributed by atoms with Crippen molar-refractivity contribution in [2.45, 2.75) is 65.8 Å². The molecular formula is C28H34N2O5S. The molecule has 0 aliphatic heterocycles. The minimum absolute atomic E-state index is 0.0214. The lowest BCUT2D eigenvalue weighted by atomic mass is 9.92. The summed E-state index contributed by atoms with van der Waals surface area (Å²) >= 11 is 1.45. The van der Waals surface area contributed by atoms with Crippen LogP contribution in [0, 0.1) is 13.8 Å². The second kappa shape index (κ2) is 12.1. The highest BCUT2D eigenvalue weighted by Crippen LogP contribution is 2.29. The highest BCUT2D eigenvalue weighted by molar-refractivity contribution is 7.15. The Bertz CT molecular complexity index is 1170. The quantitative estimate of drug-likeness (QED) is 0.348. The number of rotatable bonds is 11. The van der Waals surface area contributed by atoms with E-state index in [0.29, 0.717) is 11.4 Å². The monoisotopic (exact) mass is 510 g/mol. The van der Waals surface area contributed by atoms with Gasteiger partial charge in [0, 0.05) is 22.9 Å². The first-order valence-electron chi connectivity index (χ1n) is 12.0. The number of carboxylic acid groups (broad SMARTS) is 1. The number of aliphatic carboxylic acids is 1. The average molecular weight is 511 g/mol. The second-order valence-corrected chi connectivity index (χ2v) is 10.5. The molecule has 0 aliphatic rings. The molecule has 8 heteroatoms. The van der Waals surface area contributed by atoms with Crippen LogP contribution in [-0.2, 0) is 9.53 Å². The third-order valence-electron chi connectivity index (χ3n) is 5.50. The largest absolute Gasteiger partial charge is 0.491 e. The maximum Gasteiger partial charge on any atom is 0.333 e. The number of carboxylic acids is 1. The maximum absolute atomic E-state index is 13.1. The van der Waals surface area contributed by atoms with Gasteiger partial charge in [-0.05, 0) is 59.2 Å². The van der Waals surface area contributed by atoms with Crippen molar-refractivity contribution in [2.24, 2.45) is 0 Å². The molecule has 1 heterocycles. The predicted octanol–water partition coefficient (Wildman–Crippen LogP) is 5.61. The minimum Gasteiger partial charge on any atom is -0.491 e. The number of carbonyl (C=O) groups is 2. The van der Waals surface area contributed by atoms with Crippen molar-refractivity contribution in [1.82, 2.24) is 10.3 Å². The number of aromatic nitrogens is 1. The summed E-state index contributed by atoms with van der Waals surface area (Å²) in [6.07, 6.45) is -1.42. The molecule has 0 radical (unpaired) electrons. The predicted molar refractivity (Wildman–Crippen MR) is 142 cm³/mol. The number of carbonyl (C=O) groups excluding carboxylic acids is 1. The van der Waals surface area contributed by atoms with Crippen LogP contribution >= 0.6 is 11.3 Å². The minimum atomic E-state index is -1.14. The van der Waals surface area contributed by atoms with E-state index >= 15 is 0 Å². The van der Waals surface area contributed by atoms with E-state index in [9.17, 15) is 14.7 Å². The van der Waals surface area contributed by atoms with Gasteiger partial charge in [-0.25, -0.2) is 9.78 Å². The van der Waals surface area contributed by atoms with Crippen LogP contribution in [0.4, 0.5) is 0 Å². The summed E-state index contributed by atoms with van der Waals surface area (Å²) in [5, 5.41) is 13.6. The molecule has 3 rings (SSSR count). The van der Waals surface area contributed by atoms with E-state index < -0.39 is 18.0 Å². The van der Waals surface area contributed by atoms with E-state index in [4.69, 9.17) is 9.47 Å². The number of hydrogen-bond acceptors (Lipinski definition) is 6. The van der Waals surface area contributed by atoms with E-state index in [1.54, 1.807) is 26.0 Å². The smallest absolute Gasteiger partial charge is 0.333 e. The molecule has 2 aromatic carbocycles. The number of thiazole rings is 1. The molecule has 3 aromatic rings. The Morgan fingerprint density at radius 3 is 2.17 bits per heavy atom. The number of ether oxygens (including phenoxy) is 2. The molecule has 1 aromatic heterocycles. The first-order valence-corrected chi connectivity index (χ1v) is 12.8. The molecule has 36 heavy (non-hydrogen) atoms. The van der Waals surface area contributed by atoms with Crippen LogP contribution in [-0.4, -0.2) is 46.8 Å². The summed E-state index contributed by atoms with van der Waals surface area (Å²) in [7, 11) is 0. The molecular weight excluding hydrogens is 476 g/mol. The summed E-state index contributed by atoms with van der Waals surface area (Å²) in [4.78, 5) is 30.6. The molecule has 0 spiro atoms. The van der Waals surface area contributed by atoms with Gasteiger partial charge in [0.05, 0.1) is 12.2 Å². The third kappa shape index (κ3) is 7.15. The molecule has 0 saturated heterocycles. The summed E-state index contributed by atoms with van der Waals surface area (Å²) in [5.74, 6) is -1.36. The van der Waals surface area contributed by atoms with Crippen molar-refractivity contribution in [3.8, 4) is 16.3 Å². The van der Waals surface area contributed by atoms with Gasteiger partial charge in [-0.1, -0.05) is 42.0 Å². The maximum atomic E-state index is 13.1. The van der Waals surface area contributed by atoms with E-state index in [1.807, 2.05) is 64.1 Å². The van der Waals surface area contributed by atoms with Gasteiger partial charge in [0.25, 0.3) is 5.91 Å². The Morgan fingerprint density at radius 2 is 1.61 bits per heavy atom. The molecule has 192 valence electrons. The number of nitrogens with zero attached hydrogens (tertiary/aromatic N) is 1. The number of benzene rings is 2. The molecule has 2 N–H and O–H groups in total. The highest BCUT2D eigenvalue weighted by atomic mass is 32.1. The number of amides is 1. The highest BCUT2D eigenvalue weighted by Gasteiger charge is 2.32. The van der Waals surface area contributed by atoms with Gasteiger partial charge in [0.2, 0.25) is 0 Å². The number of nitrogens with one attached hydrogen (secondary N) is 1. The summed E-state index contributed by atoms with van der Waals surface area (Å²) in [6.45, 7) is 11.4. The molecule has 0 fully saturated rings. The Morgan fingerprint density at radius 1 is 0.972 bits per heavy atom. The van der Waals surface area contributed by atoms with Gasteiger partial charge in [-0.2, -0.15) is 0 Å². The van der Waals surface area contributed by atoms with E-state index in [2.05, 4.69) is 10.3 Å². The number of aryl methyl sites for hydroxylation is 2. The van der Waals surface area contributed by atoms with Gasteiger partial charge in [-0.3, -0.25) is 4.79 Å². The van der Waals surface area contributed by atoms with Crippen LogP contribution in [0.2, 0.25) is 0 Å². The first-order chi connectivity index (χ1) is 17.0. The molecule has 7 nitrogen and oxygen atoms in total. The SMILES string of the molecule is Cc1ccc(-c2nc(C(=O)NCC(c3ccc(OC(C)C)cc3)C(OC(C)C)C(=O)O)c(C)s2)cc1. The van der Waals surface area contributed by atoms with Crippen LogP contribution in [0.1, 0.15) is 60.1 Å². The standard InChI is InChI=1S/C28H34N2O5S/c1-16(2)34-22-13-11-20(12-14-22)23(25(28(32)33)35-17(3)4)15-29-26(31)24-19(6)36-27(30-24)21-9-7-18(5)8-10-21/h7-14,16-17,23,25H,15H2,1-6H3,(H,29,31)(H,32,33). The Labute approximate surface area is 216 Å². The lowest BCUT2D eigenvalue weighted by molar-refractivity contribution is -0.155. The van der Waals surface area contributed by atoms with Crippen LogP contribution in [0.3, 0.4) is 0 Å². The van der Waals surface area contributed by atoms with E-state index in [0.717, 1.165) is 26.6 Å². The van der Waals surface area contributed by atoms with Gasteiger partial charge in [0.15, 0.2) is 6.10 Å². The van der Waals surface area contributed by atoms with Crippen molar-refractivity contribution >= 4 is 23.2 Å². The second-order valence-electron chi connectivity index (χ2n) is 9.29. The van der Waals surface area contributed by atoms with E-state index in [1.165, 1.54) is 11.3 Å². The molecule has 0 bridgehead atoms. The van der Waals surface area contributed by atoms with Crippen molar-refractivity contribution in [2.75, 3.05) is 6.54 Å². The van der Waals surface area contributed by atoms with Crippen LogP contribution in [0.25, 0.3) is 10.6 Å². The zero-order valence-corrected chi connectivity index (χ0v) is 22.4. The van der Waals surface area contributed by atoms with Crippen LogP contribution < -0.4 is 10.1 Å². The lowest BCUT2D eigenvalue weighted by Crippen LogP contribution is -2.40. The topological polar surface area (TPSA) is 97.8 Å². The van der Waals surface area contributed by atoms with Crippen molar-refractivity contribution in [1.29, 1.82) is 0 Å². The fraction of sp³-hybridized carbons (Fsp3) is 0.393. The van der Waals surface area contributed by atoms with Crippen molar-refractivity contribution in [3.05, 3.63) is 70.2 Å². The Balaban J connectivity index is 1.83. The fourth-order valence-electron chi connectivity index (χ4n) is 3.80. The first kappa shape index (κ1) is 27.4. The summed E-state index contributed by atoms with van der Waals surface area (Å²) in [5.41, 5.74) is 3.17. The molecule has 0 saturated carbocycles. The van der Waals surface area contributed by atoms with E-state index in [-0.39, 0.29) is 24.7 Å². The lowest BCUT2D eigenvalue weighted by Gasteiger charge is -2.27. The number of hydrogen-bond donors (Lipinski definition) is 2. The Kier molecular flexibility index (Phi) is 9.23. The molecule has 1 amide bonds. The van der Waals surface area contributed by atoms with Gasteiger partial charge in [-0.15, -0.1) is 11.3 Å². The van der Waals surface area contributed by atoms with Gasteiger partial charge in [0.1, 0.15) is 16.5 Å². The molecule has 2 atom stereocenters. The molecule has 2 unspecified atom stereocenters. The zero-order valence-electron chi connectivity index (χ0n) is 21.6. The van der Waals surface area contributed by atoms with Crippen LogP contribution in [0.5, 0.6) is 5.75 Å². The van der Waals surface area contributed by atoms with Crippen molar-refractivity contribution < 1.29 is 24.2 Å². The zero-order chi connectivity index (χ0) is 26.4. The van der Waals surface area contributed by atoms with Gasteiger partial charge >= 0.3 is 5.97 Å².